The van der Waals surface area contributed by atoms with Gasteiger partial charge < -0.3 is 5.32 Å². The van der Waals surface area contributed by atoms with Crippen LogP contribution in [0.3, 0.4) is 0 Å². The van der Waals surface area contributed by atoms with Crippen LogP contribution in [0.4, 0.5) is 5.82 Å². The molecule has 0 aliphatic heterocycles. The first kappa shape index (κ1) is 12.6. The van der Waals surface area contributed by atoms with Crippen LogP contribution in [0.25, 0.3) is 0 Å². The molecule has 0 radical (unpaired) electrons. The highest BCUT2D eigenvalue weighted by Crippen LogP contribution is 2.18. The average Bonchev–Trinajstić information content (AvgIpc) is 2.72. The van der Waals surface area contributed by atoms with Crippen molar-refractivity contribution in [3.8, 4) is 0 Å². The van der Waals surface area contributed by atoms with Gasteiger partial charge >= 0.3 is 0 Å². The molecule has 6 nitrogen and oxygen atoms in total. The van der Waals surface area contributed by atoms with Gasteiger partial charge in [-0.05, 0) is 12.1 Å². The molecule has 0 saturated heterocycles. The first-order valence-corrected chi connectivity index (χ1v) is 7.22. The zero-order chi connectivity index (χ0) is 13.2. The Morgan fingerprint density at radius 3 is 2.83 bits per heavy atom. The molecule has 1 N–H and O–H groups in total. The molecule has 0 amide bonds. The van der Waals surface area contributed by atoms with Crippen molar-refractivity contribution >= 4 is 15.7 Å². The van der Waals surface area contributed by atoms with Crippen molar-refractivity contribution in [2.45, 2.75) is 11.4 Å². The quantitative estimate of drug-likeness (QED) is 0.887. The summed E-state index contributed by atoms with van der Waals surface area (Å²) in [5.41, 5.74) is 0.961. The van der Waals surface area contributed by atoms with Crippen LogP contribution in [0, 0.1) is 0 Å². The van der Waals surface area contributed by atoms with Gasteiger partial charge in [-0.1, -0.05) is 0 Å². The predicted octanol–water partition coefficient (Wildman–Crippen LogP) is 0.831. The third-order valence-corrected chi connectivity index (χ3v) is 3.52. The zero-order valence-electron chi connectivity index (χ0n) is 10.2. The number of hydrogen-bond acceptors (Lipinski definition) is 5. The predicted molar refractivity (Wildman–Crippen MR) is 67.9 cm³/mol. The number of pyridine rings is 1. The first-order valence-electron chi connectivity index (χ1n) is 5.33. The van der Waals surface area contributed by atoms with Gasteiger partial charge in [0.2, 0.25) is 0 Å². The van der Waals surface area contributed by atoms with Crippen LogP contribution in [0.5, 0.6) is 0 Å². The van der Waals surface area contributed by atoms with Crippen molar-refractivity contribution in [3.05, 3.63) is 36.3 Å². The van der Waals surface area contributed by atoms with Crippen molar-refractivity contribution < 1.29 is 8.42 Å². The lowest BCUT2D eigenvalue weighted by Crippen LogP contribution is -2.07. The maximum atomic E-state index is 11.6. The molecule has 0 aliphatic carbocycles. The van der Waals surface area contributed by atoms with Gasteiger partial charge in [0.15, 0.2) is 9.84 Å². The summed E-state index contributed by atoms with van der Waals surface area (Å²) in [5, 5.41) is 7.04. The van der Waals surface area contributed by atoms with Crippen LogP contribution in [-0.2, 0) is 23.4 Å². The number of aromatic nitrogens is 3. The molecule has 0 saturated carbocycles. The Kier molecular flexibility index (Phi) is 3.33. The highest BCUT2D eigenvalue weighted by atomic mass is 32.2. The van der Waals surface area contributed by atoms with E-state index >= 15 is 0 Å². The van der Waals surface area contributed by atoms with E-state index in [0.29, 0.717) is 12.4 Å². The number of aryl methyl sites for hydroxylation is 1. The standard InChI is InChI=1S/C11H14N4O2S/c1-15-8-9(7-14-15)6-13-11-10(18(2,16)17)4-3-5-12-11/h3-5,7-8H,6H2,1-2H3,(H,12,13). The lowest BCUT2D eigenvalue weighted by atomic mass is 10.3. The third-order valence-electron chi connectivity index (χ3n) is 2.39. The summed E-state index contributed by atoms with van der Waals surface area (Å²) < 4.78 is 24.8. The highest BCUT2D eigenvalue weighted by Gasteiger charge is 2.13. The molecule has 0 fully saturated rings. The summed E-state index contributed by atoms with van der Waals surface area (Å²) in [6, 6.07) is 3.14. The number of hydrogen-bond donors (Lipinski definition) is 1. The lowest BCUT2D eigenvalue weighted by Gasteiger charge is -2.08. The van der Waals surface area contributed by atoms with Gasteiger partial charge in [-0.25, -0.2) is 13.4 Å². The second-order valence-corrected chi connectivity index (χ2v) is 5.98. The topological polar surface area (TPSA) is 76.9 Å². The first-order chi connectivity index (χ1) is 8.47. The van der Waals surface area contributed by atoms with E-state index < -0.39 is 9.84 Å². The van der Waals surface area contributed by atoms with Gasteiger partial charge in [0, 0.05) is 37.8 Å². The van der Waals surface area contributed by atoms with E-state index in [1.807, 2.05) is 13.2 Å². The Morgan fingerprint density at radius 2 is 2.22 bits per heavy atom. The van der Waals surface area contributed by atoms with E-state index in [1.54, 1.807) is 23.1 Å². The van der Waals surface area contributed by atoms with Gasteiger partial charge in [0.05, 0.1) is 6.20 Å². The van der Waals surface area contributed by atoms with Crippen molar-refractivity contribution in [2.24, 2.45) is 7.05 Å². The Morgan fingerprint density at radius 1 is 1.44 bits per heavy atom. The van der Waals surface area contributed by atoms with Gasteiger partial charge in [0.25, 0.3) is 0 Å². The molecular formula is C11H14N4O2S. The van der Waals surface area contributed by atoms with Crippen LogP contribution < -0.4 is 5.32 Å². The molecule has 0 spiro atoms. The van der Waals surface area contributed by atoms with Crippen LogP contribution in [0.15, 0.2) is 35.6 Å². The monoisotopic (exact) mass is 266 g/mol. The summed E-state index contributed by atoms with van der Waals surface area (Å²) >= 11 is 0. The fourth-order valence-electron chi connectivity index (χ4n) is 1.57. The summed E-state index contributed by atoms with van der Waals surface area (Å²) in [6.45, 7) is 0.480. The molecule has 2 aromatic heterocycles. The third kappa shape index (κ3) is 2.86. The molecule has 0 bridgehead atoms. The van der Waals surface area contributed by atoms with Crippen molar-refractivity contribution in [1.82, 2.24) is 14.8 Å². The van der Waals surface area contributed by atoms with Crippen molar-refractivity contribution in [3.63, 3.8) is 0 Å². The van der Waals surface area contributed by atoms with E-state index in [9.17, 15) is 8.42 Å². The molecule has 0 aliphatic rings. The second kappa shape index (κ2) is 4.77. The fraction of sp³-hybridized carbons (Fsp3) is 0.273. The molecule has 18 heavy (non-hydrogen) atoms. The molecule has 96 valence electrons. The minimum atomic E-state index is -3.28. The Hall–Kier alpha value is -1.89. The van der Waals surface area contributed by atoms with Crippen molar-refractivity contribution in [1.29, 1.82) is 0 Å². The normalized spacial score (nSPS) is 11.4. The van der Waals surface area contributed by atoms with Crippen LogP contribution in [0.1, 0.15) is 5.56 Å². The van der Waals surface area contributed by atoms with E-state index in [4.69, 9.17) is 0 Å². The Labute approximate surface area is 106 Å². The van der Waals surface area contributed by atoms with Crippen LogP contribution in [0.2, 0.25) is 0 Å². The zero-order valence-corrected chi connectivity index (χ0v) is 11.0. The van der Waals surface area contributed by atoms with E-state index in [2.05, 4.69) is 15.4 Å². The van der Waals surface area contributed by atoms with Gasteiger partial charge in [-0.15, -0.1) is 0 Å². The number of anilines is 1. The van der Waals surface area contributed by atoms with E-state index in [-0.39, 0.29) is 4.90 Å². The fourth-order valence-corrected chi connectivity index (χ4v) is 2.37. The second-order valence-electron chi connectivity index (χ2n) is 4.00. The van der Waals surface area contributed by atoms with Gasteiger partial charge in [-0.2, -0.15) is 5.10 Å². The molecule has 2 aromatic rings. The maximum absolute atomic E-state index is 11.6. The molecule has 7 heteroatoms. The average molecular weight is 266 g/mol. The molecular weight excluding hydrogens is 252 g/mol. The molecule has 2 heterocycles. The van der Waals surface area contributed by atoms with E-state index in [0.717, 1.165) is 5.56 Å². The minimum absolute atomic E-state index is 0.203. The Bertz CT molecular complexity index is 649. The summed E-state index contributed by atoms with van der Waals surface area (Å²) in [7, 11) is -1.45. The number of nitrogens with one attached hydrogen (secondary N) is 1. The SMILES string of the molecule is Cn1cc(CNc2ncccc2S(C)(=O)=O)cn1. The number of rotatable bonds is 4. The summed E-state index contributed by atoms with van der Waals surface area (Å²) in [5.74, 6) is 0.365. The minimum Gasteiger partial charge on any atom is -0.365 e. The number of nitrogens with zero attached hydrogens (tertiary/aromatic N) is 3. The lowest BCUT2D eigenvalue weighted by molar-refractivity contribution is 0.601. The highest BCUT2D eigenvalue weighted by molar-refractivity contribution is 7.90. The van der Waals surface area contributed by atoms with E-state index in [1.165, 1.54) is 12.3 Å². The van der Waals surface area contributed by atoms with Gasteiger partial charge in [-0.3, -0.25) is 4.68 Å². The smallest absolute Gasteiger partial charge is 0.179 e. The Balaban J connectivity index is 2.20. The molecule has 0 aromatic carbocycles. The van der Waals surface area contributed by atoms with Gasteiger partial charge in [0.1, 0.15) is 10.7 Å². The molecule has 0 unspecified atom stereocenters. The maximum Gasteiger partial charge on any atom is 0.179 e. The summed E-state index contributed by atoms with van der Waals surface area (Å²) in [6.07, 6.45) is 6.30. The largest absolute Gasteiger partial charge is 0.365 e. The summed E-state index contributed by atoms with van der Waals surface area (Å²) in [4.78, 5) is 4.25. The van der Waals surface area contributed by atoms with Crippen LogP contribution in [-0.4, -0.2) is 29.4 Å². The molecule has 0 atom stereocenters. The number of sulfone groups is 1. The molecule has 2 rings (SSSR count). The van der Waals surface area contributed by atoms with Crippen molar-refractivity contribution in [2.75, 3.05) is 11.6 Å². The van der Waals surface area contributed by atoms with Crippen LogP contribution >= 0.6 is 0 Å².